The normalized spacial score (nSPS) is 14.4. The number of aromatic nitrogens is 1. The van der Waals surface area contributed by atoms with E-state index in [-0.39, 0.29) is 0 Å². The van der Waals surface area contributed by atoms with Crippen molar-refractivity contribution in [2.45, 2.75) is 53.6 Å². The van der Waals surface area contributed by atoms with Crippen LogP contribution in [0.5, 0.6) is 0 Å². The van der Waals surface area contributed by atoms with Gasteiger partial charge in [0.2, 0.25) is 0 Å². The fraction of sp³-hybridized carbons (Fsp3) is 0.647. The molecule has 1 aromatic rings. The smallest absolute Gasteiger partial charge is 0.139 e. The van der Waals surface area contributed by atoms with Crippen LogP contribution in [-0.2, 0) is 0 Å². The van der Waals surface area contributed by atoms with Crippen molar-refractivity contribution >= 4 is 12.0 Å². The number of nitrogens with zero attached hydrogens (tertiary/aromatic N) is 4. The Morgan fingerprint density at radius 1 is 1.19 bits per heavy atom. The van der Waals surface area contributed by atoms with E-state index < -0.39 is 0 Å². The second-order valence-electron chi connectivity index (χ2n) is 6.46. The first-order valence-electron chi connectivity index (χ1n) is 7.89. The van der Waals surface area contributed by atoms with Gasteiger partial charge >= 0.3 is 0 Å². The minimum absolute atomic E-state index is 0.560. The molecule has 0 fully saturated rings. The zero-order chi connectivity index (χ0) is 15.6. The lowest BCUT2D eigenvalue weighted by Gasteiger charge is -2.34. The van der Waals surface area contributed by atoms with Crippen molar-refractivity contribution in [2.24, 2.45) is 4.99 Å². The Hall–Kier alpha value is -1.42. The molecule has 0 spiro atoms. The summed E-state index contributed by atoms with van der Waals surface area (Å²) in [6, 6.07) is 3.25. The number of hydrogen-bond donors (Lipinski definition) is 0. The molecule has 4 heteroatoms. The van der Waals surface area contributed by atoms with Crippen molar-refractivity contribution in [2.75, 3.05) is 24.7 Å². The predicted octanol–water partition coefficient (Wildman–Crippen LogP) is 3.01. The number of aryl methyl sites for hydroxylation is 2. The Labute approximate surface area is 128 Å². The van der Waals surface area contributed by atoms with Crippen LogP contribution in [0.25, 0.3) is 0 Å². The molecule has 116 valence electrons. The summed E-state index contributed by atoms with van der Waals surface area (Å²) in [5.41, 5.74) is 3.51. The standard InChI is InChI=1S/C17H28N4/c1-12(2)21(13(3)4)8-7-20-11-18-10-16-14(5)9-15(6)19-17(16)20/h9-10,12-13H,7-8,11H2,1-6H3. The summed E-state index contributed by atoms with van der Waals surface area (Å²) in [4.78, 5) is 14.1. The van der Waals surface area contributed by atoms with Gasteiger partial charge in [-0.05, 0) is 53.2 Å². The van der Waals surface area contributed by atoms with E-state index in [1.165, 1.54) is 11.1 Å². The van der Waals surface area contributed by atoms with Crippen LogP contribution in [-0.4, -0.2) is 47.9 Å². The largest absolute Gasteiger partial charge is 0.335 e. The van der Waals surface area contributed by atoms with E-state index in [1.54, 1.807) is 0 Å². The minimum Gasteiger partial charge on any atom is -0.335 e. The van der Waals surface area contributed by atoms with Gasteiger partial charge in [-0.15, -0.1) is 0 Å². The Kier molecular flexibility index (Phi) is 4.99. The summed E-state index contributed by atoms with van der Waals surface area (Å²) < 4.78 is 0. The third-order valence-electron chi connectivity index (χ3n) is 4.10. The predicted molar refractivity (Wildman–Crippen MR) is 90.5 cm³/mol. The fourth-order valence-electron chi connectivity index (χ4n) is 3.05. The lowest BCUT2D eigenvalue weighted by atomic mass is 10.1. The van der Waals surface area contributed by atoms with Crippen LogP contribution in [0.4, 0.5) is 5.82 Å². The van der Waals surface area contributed by atoms with Crippen molar-refractivity contribution in [3.05, 3.63) is 22.9 Å². The van der Waals surface area contributed by atoms with Crippen LogP contribution >= 0.6 is 0 Å². The molecule has 0 aliphatic carbocycles. The van der Waals surface area contributed by atoms with Gasteiger partial charge in [0.15, 0.2) is 0 Å². The van der Waals surface area contributed by atoms with Gasteiger partial charge in [-0.1, -0.05) is 0 Å². The summed E-state index contributed by atoms with van der Waals surface area (Å²) >= 11 is 0. The molecule has 21 heavy (non-hydrogen) atoms. The molecule has 0 N–H and O–H groups in total. The van der Waals surface area contributed by atoms with Gasteiger partial charge in [0.25, 0.3) is 0 Å². The Morgan fingerprint density at radius 3 is 2.48 bits per heavy atom. The molecule has 0 atom stereocenters. The van der Waals surface area contributed by atoms with Gasteiger partial charge in [-0.2, -0.15) is 0 Å². The molecule has 4 nitrogen and oxygen atoms in total. The molecule has 1 aliphatic heterocycles. The summed E-state index contributed by atoms with van der Waals surface area (Å²) in [6.45, 7) is 16.0. The molecule has 0 saturated carbocycles. The van der Waals surface area contributed by atoms with Gasteiger partial charge in [0.1, 0.15) is 12.5 Å². The average molecular weight is 288 g/mol. The first kappa shape index (κ1) is 16.0. The molecule has 1 aliphatic rings. The first-order valence-corrected chi connectivity index (χ1v) is 7.89. The van der Waals surface area contributed by atoms with Crippen LogP contribution in [0.15, 0.2) is 11.1 Å². The maximum atomic E-state index is 4.74. The van der Waals surface area contributed by atoms with Crippen molar-refractivity contribution in [1.82, 2.24) is 9.88 Å². The zero-order valence-corrected chi connectivity index (χ0v) is 14.2. The molecule has 0 bridgehead atoms. The van der Waals surface area contributed by atoms with Gasteiger partial charge < -0.3 is 4.90 Å². The number of hydrogen-bond acceptors (Lipinski definition) is 4. The molecule has 0 amide bonds. The van der Waals surface area contributed by atoms with Crippen LogP contribution in [0.2, 0.25) is 0 Å². The number of rotatable bonds is 5. The summed E-state index contributed by atoms with van der Waals surface area (Å²) in [5.74, 6) is 1.09. The number of anilines is 1. The number of fused-ring (bicyclic) bond motifs is 1. The highest BCUT2D eigenvalue weighted by molar-refractivity contribution is 5.90. The van der Waals surface area contributed by atoms with E-state index >= 15 is 0 Å². The topological polar surface area (TPSA) is 31.7 Å². The maximum Gasteiger partial charge on any atom is 0.139 e. The van der Waals surface area contributed by atoms with Crippen LogP contribution in [0, 0.1) is 13.8 Å². The molecule has 1 aromatic heterocycles. The second kappa shape index (κ2) is 6.56. The Bertz CT molecular complexity index is 512. The van der Waals surface area contributed by atoms with Gasteiger partial charge in [0.05, 0.1) is 0 Å². The molecule has 0 unspecified atom stereocenters. The Morgan fingerprint density at radius 2 is 1.86 bits per heavy atom. The second-order valence-corrected chi connectivity index (χ2v) is 6.46. The van der Waals surface area contributed by atoms with Gasteiger partial charge in [-0.3, -0.25) is 9.89 Å². The van der Waals surface area contributed by atoms with E-state index in [0.29, 0.717) is 18.8 Å². The lowest BCUT2D eigenvalue weighted by molar-refractivity contribution is 0.179. The van der Waals surface area contributed by atoms with Crippen LogP contribution in [0.1, 0.15) is 44.5 Å². The average Bonchev–Trinajstić information content (AvgIpc) is 2.38. The van der Waals surface area contributed by atoms with Gasteiger partial charge in [0, 0.05) is 42.6 Å². The van der Waals surface area contributed by atoms with Crippen LogP contribution < -0.4 is 4.90 Å². The third kappa shape index (κ3) is 3.62. The third-order valence-corrected chi connectivity index (χ3v) is 4.10. The fourth-order valence-corrected chi connectivity index (χ4v) is 3.05. The quantitative estimate of drug-likeness (QED) is 0.834. The molecule has 0 aromatic carbocycles. The summed E-state index contributed by atoms with van der Waals surface area (Å²) in [5, 5.41) is 0. The molecular weight excluding hydrogens is 260 g/mol. The van der Waals surface area contributed by atoms with Crippen molar-refractivity contribution in [1.29, 1.82) is 0 Å². The molecule has 0 saturated heterocycles. The Balaban J connectivity index is 2.15. The van der Waals surface area contributed by atoms with E-state index in [4.69, 9.17) is 4.98 Å². The zero-order valence-electron chi connectivity index (χ0n) is 14.2. The minimum atomic E-state index is 0.560. The van der Waals surface area contributed by atoms with Crippen molar-refractivity contribution in [3.8, 4) is 0 Å². The molecule has 0 radical (unpaired) electrons. The van der Waals surface area contributed by atoms with E-state index in [1.807, 2.05) is 6.21 Å². The number of aliphatic imine (C=N–C) groups is 1. The number of pyridine rings is 1. The van der Waals surface area contributed by atoms with Crippen LogP contribution in [0.3, 0.4) is 0 Å². The molecule has 2 heterocycles. The lowest BCUT2D eigenvalue weighted by Crippen LogP contribution is -2.43. The molecular formula is C17H28N4. The van der Waals surface area contributed by atoms with Crippen molar-refractivity contribution < 1.29 is 0 Å². The van der Waals surface area contributed by atoms with E-state index in [0.717, 1.165) is 24.6 Å². The SMILES string of the molecule is Cc1cc(C)c2c(n1)N(CCN(C(C)C)C(C)C)CN=C2. The monoisotopic (exact) mass is 288 g/mol. The highest BCUT2D eigenvalue weighted by Gasteiger charge is 2.20. The first-order chi connectivity index (χ1) is 9.90. The molecule has 2 rings (SSSR count). The van der Waals surface area contributed by atoms with Gasteiger partial charge in [-0.25, -0.2) is 4.98 Å². The highest BCUT2D eigenvalue weighted by atomic mass is 15.3. The summed E-state index contributed by atoms with van der Waals surface area (Å²) in [6.07, 6.45) is 1.97. The summed E-state index contributed by atoms with van der Waals surface area (Å²) in [7, 11) is 0. The van der Waals surface area contributed by atoms with Crippen molar-refractivity contribution in [3.63, 3.8) is 0 Å². The van der Waals surface area contributed by atoms with E-state index in [9.17, 15) is 0 Å². The highest BCUT2D eigenvalue weighted by Crippen LogP contribution is 2.23. The maximum absolute atomic E-state index is 4.74. The van der Waals surface area contributed by atoms with E-state index in [2.05, 4.69) is 62.4 Å².